The van der Waals surface area contributed by atoms with Gasteiger partial charge in [-0.25, -0.2) is 4.39 Å². The zero-order valence-electron chi connectivity index (χ0n) is 11.3. The fourth-order valence-corrected chi connectivity index (χ4v) is 2.35. The van der Waals surface area contributed by atoms with Crippen molar-refractivity contribution in [3.63, 3.8) is 0 Å². The lowest BCUT2D eigenvalue weighted by Gasteiger charge is -2.25. The number of hydrogen-bond donors (Lipinski definition) is 1. The van der Waals surface area contributed by atoms with Gasteiger partial charge in [-0.05, 0) is 12.5 Å². The zero-order chi connectivity index (χ0) is 14.7. The predicted octanol–water partition coefficient (Wildman–Crippen LogP) is 1.78. The summed E-state index contributed by atoms with van der Waals surface area (Å²) >= 11 is 0. The van der Waals surface area contributed by atoms with Gasteiger partial charge in [0.25, 0.3) is 5.91 Å². The molecule has 4 nitrogen and oxygen atoms in total. The molecule has 1 N–H and O–H groups in total. The highest BCUT2D eigenvalue weighted by Crippen LogP contribution is 2.22. The van der Waals surface area contributed by atoms with Crippen molar-refractivity contribution in [2.24, 2.45) is 0 Å². The Balaban J connectivity index is 2.03. The summed E-state index contributed by atoms with van der Waals surface area (Å²) in [7, 11) is 0. The van der Waals surface area contributed by atoms with Gasteiger partial charge in [0, 0.05) is 19.0 Å². The minimum Gasteiger partial charge on any atom is -0.345 e. The molecule has 2 amide bonds. The molecule has 1 saturated heterocycles. The number of amides is 2. The van der Waals surface area contributed by atoms with Gasteiger partial charge in [-0.15, -0.1) is 0 Å². The maximum atomic E-state index is 12.7. The van der Waals surface area contributed by atoms with Crippen LogP contribution < -0.4 is 5.32 Å². The van der Waals surface area contributed by atoms with E-state index in [0.717, 1.165) is 5.56 Å². The Hall–Kier alpha value is -2.17. The third-order valence-corrected chi connectivity index (χ3v) is 3.55. The van der Waals surface area contributed by atoms with Crippen LogP contribution in [0.3, 0.4) is 0 Å². The van der Waals surface area contributed by atoms with E-state index in [4.69, 9.17) is 0 Å². The fourth-order valence-electron chi connectivity index (χ4n) is 2.35. The van der Waals surface area contributed by atoms with Crippen molar-refractivity contribution in [2.45, 2.75) is 32.0 Å². The quantitative estimate of drug-likeness (QED) is 0.852. The van der Waals surface area contributed by atoms with Gasteiger partial charge in [-0.3, -0.25) is 9.59 Å². The smallest absolute Gasteiger partial charge is 0.279 e. The maximum Gasteiger partial charge on any atom is 0.279 e. The monoisotopic (exact) mass is 276 g/mol. The third-order valence-electron chi connectivity index (χ3n) is 3.55. The number of halogens is 1. The highest BCUT2D eigenvalue weighted by atomic mass is 19.1. The molecular formula is C15H17FN2O2. The van der Waals surface area contributed by atoms with Crippen molar-refractivity contribution >= 4 is 11.8 Å². The summed E-state index contributed by atoms with van der Waals surface area (Å²) in [5, 5.41) is 2.50. The molecule has 2 atom stereocenters. The molecule has 20 heavy (non-hydrogen) atoms. The first-order chi connectivity index (χ1) is 9.49. The molecule has 106 valence electrons. The van der Waals surface area contributed by atoms with Crippen LogP contribution in [0.1, 0.15) is 18.9 Å². The topological polar surface area (TPSA) is 49.4 Å². The average Bonchev–Trinajstić information content (AvgIpc) is 2.67. The summed E-state index contributed by atoms with van der Waals surface area (Å²) in [6, 6.07) is 9.05. The van der Waals surface area contributed by atoms with Crippen molar-refractivity contribution in [3.05, 3.63) is 48.3 Å². The number of nitrogens with zero attached hydrogens (tertiary/aromatic N) is 1. The fraction of sp³-hybridized carbons (Fsp3) is 0.333. The number of rotatable bonds is 4. The molecule has 2 unspecified atom stereocenters. The van der Waals surface area contributed by atoms with Gasteiger partial charge in [0.05, 0.1) is 6.04 Å². The van der Waals surface area contributed by atoms with Crippen LogP contribution in [0.25, 0.3) is 0 Å². The molecule has 0 bridgehead atoms. The van der Waals surface area contributed by atoms with E-state index < -0.39 is 11.7 Å². The van der Waals surface area contributed by atoms with E-state index in [-0.39, 0.29) is 24.4 Å². The standard InChI is InChI=1S/C15H17FN2O2/c1-10(16)15(20)17-13-8-14(19)18(11(13)2)9-12-6-4-3-5-7-12/h3-7,11,13H,1,8-9H2,2H3,(H,17,20). The normalized spacial score (nSPS) is 21.9. The summed E-state index contributed by atoms with van der Waals surface area (Å²) in [5.74, 6) is -1.93. The molecule has 0 aliphatic carbocycles. The van der Waals surface area contributed by atoms with E-state index in [1.807, 2.05) is 37.3 Å². The molecule has 1 aromatic rings. The third kappa shape index (κ3) is 3.04. The number of nitrogens with one attached hydrogen (secondary N) is 1. The lowest BCUT2D eigenvalue weighted by molar-refractivity contribution is -0.129. The van der Waals surface area contributed by atoms with Crippen LogP contribution in [0.15, 0.2) is 42.7 Å². The molecule has 1 aliphatic heterocycles. The molecular weight excluding hydrogens is 259 g/mol. The van der Waals surface area contributed by atoms with Gasteiger partial charge in [0.2, 0.25) is 5.91 Å². The predicted molar refractivity (Wildman–Crippen MR) is 73.2 cm³/mol. The van der Waals surface area contributed by atoms with Crippen LogP contribution in [-0.4, -0.2) is 28.8 Å². The Bertz CT molecular complexity index is 530. The molecule has 2 rings (SSSR count). The number of benzene rings is 1. The Kier molecular flexibility index (Phi) is 4.17. The van der Waals surface area contributed by atoms with Crippen LogP contribution in [0.2, 0.25) is 0 Å². The Morgan fingerprint density at radius 2 is 2.10 bits per heavy atom. The van der Waals surface area contributed by atoms with Crippen molar-refractivity contribution in [3.8, 4) is 0 Å². The first-order valence-electron chi connectivity index (χ1n) is 6.47. The van der Waals surface area contributed by atoms with Crippen LogP contribution in [0.4, 0.5) is 4.39 Å². The first-order valence-corrected chi connectivity index (χ1v) is 6.47. The van der Waals surface area contributed by atoms with E-state index in [0.29, 0.717) is 6.54 Å². The van der Waals surface area contributed by atoms with Gasteiger partial charge in [-0.2, -0.15) is 0 Å². The number of carbonyl (C=O) groups excluding carboxylic acids is 2. The zero-order valence-corrected chi connectivity index (χ0v) is 11.3. The van der Waals surface area contributed by atoms with Gasteiger partial charge < -0.3 is 10.2 Å². The highest BCUT2D eigenvalue weighted by molar-refractivity contribution is 5.91. The molecule has 1 heterocycles. The van der Waals surface area contributed by atoms with E-state index in [1.165, 1.54) is 0 Å². The molecule has 1 fully saturated rings. The summed E-state index contributed by atoms with van der Waals surface area (Å²) in [6.45, 7) is 5.29. The Morgan fingerprint density at radius 1 is 1.45 bits per heavy atom. The minimum absolute atomic E-state index is 0.0453. The van der Waals surface area contributed by atoms with Crippen molar-refractivity contribution in [2.75, 3.05) is 0 Å². The van der Waals surface area contributed by atoms with Crippen LogP contribution in [0, 0.1) is 0 Å². The van der Waals surface area contributed by atoms with E-state index >= 15 is 0 Å². The summed E-state index contributed by atoms with van der Waals surface area (Å²) in [6.07, 6.45) is 0.188. The maximum absolute atomic E-state index is 12.7. The van der Waals surface area contributed by atoms with Gasteiger partial charge in [0.1, 0.15) is 0 Å². The van der Waals surface area contributed by atoms with Gasteiger partial charge in [-0.1, -0.05) is 36.9 Å². The first kappa shape index (κ1) is 14.2. The molecule has 5 heteroatoms. The molecule has 1 aliphatic rings. The Morgan fingerprint density at radius 3 is 2.70 bits per heavy atom. The second-order valence-electron chi connectivity index (χ2n) is 4.94. The van der Waals surface area contributed by atoms with Crippen molar-refractivity contribution in [1.29, 1.82) is 0 Å². The van der Waals surface area contributed by atoms with E-state index in [2.05, 4.69) is 11.9 Å². The molecule has 0 spiro atoms. The Labute approximate surface area is 117 Å². The van der Waals surface area contributed by atoms with Gasteiger partial charge in [0.15, 0.2) is 5.83 Å². The van der Waals surface area contributed by atoms with E-state index in [1.54, 1.807) is 4.90 Å². The second kappa shape index (κ2) is 5.86. The summed E-state index contributed by atoms with van der Waals surface area (Å²) in [4.78, 5) is 25.0. The lowest BCUT2D eigenvalue weighted by Crippen LogP contribution is -2.43. The molecule has 0 saturated carbocycles. The van der Waals surface area contributed by atoms with Gasteiger partial charge >= 0.3 is 0 Å². The van der Waals surface area contributed by atoms with E-state index in [9.17, 15) is 14.0 Å². The summed E-state index contributed by atoms with van der Waals surface area (Å²) < 4.78 is 12.7. The van der Waals surface area contributed by atoms with Crippen LogP contribution in [0.5, 0.6) is 0 Å². The largest absolute Gasteiger partial charge is 0.345 e. The highest BCUT2D eigenvalue weighted by Gasteiger charge is 2.37. The molecule has 0 aromatic heterocycles. The molecule has 0 radical (unpaired) electrons. The lowest BCUT2D eigenvalue weighted by atomic mass is 10.1. The van der Waals surface area contributed by atoms with Crippen LogP contribution in [-0.2, 0) is 16.1 Å². The van der Waals surface area contributed by atoms with Crippen LogP contribution >= 0.6 is 0 Å². The average molecular weight is 276 g/mol. The molecule has 1 aromatic carbocycles. The van der Waals surface area contributed by atoms with Crippen molar-refractivity contribution < 1.29 is 14.0 Å². The minimum atomic E-state index is -1.04. The number of hydrogen-bond acceptors (Lipinski definition) is 2. The summed E-state index contributed by atoms with van der Waals surface area (Å²) in [5.41, 5.74) is 1.02. The van der Waals surface area contributed by atoms with Crippen molar-refractivity contribution in [1.82, 2.24) is 10.2 Å². The SMILES string of the molecule is C=C(F)C(=O)NC1CC(=O)N(Cc2ccccc2)C1C. The second-order valence-corrected chi connectivity index (χ2v) is 4.94. The number of likely N-dealkylation sites (tertiary alicyclic amines) is 1. The number of carbonyl (C=O) groups is 2.